The maximum atomic E-state index is 12.3. The van der Waals surface area contributed by atoms with Gasteiger partial charge in [0, 0.05) is 18.3 Å². The second-order valence-corrected chi connectivity index (χ2v) is 4.71. The van der Waals surface area contributed by atoms with E-state index in [1.54, 1.807) is 0 Å². The molecule has 0 spiro atoms. The molecule has 1 atom stereocenters. The molecule has 96 valence electrons. The van der Waals surface area contributed by atoms with Crippen molar-refractivity contribution in [2.75, 3.05) is 11.4 Å². The standard InChI is InChI=1S/C15H20N2O/c1-3-4-7-10-17-14-9-6-5-8-13(14)11-16-12(2)15(17)18/h5-6,8-9,11-12H,3-4,7,10H2,1-2H3. The number of unbranched alkanes of at least 4 members (excludes halogenated alkanes) is 2. The van der Waals surface area contributed by atoms with Gasteiger partial charge in [-0.1, -0.05) is 38.0 Å². The first kappa shape index (κ1) is 12.8. The maximum Gasteiger partial charge on any atom is 0.251 e. The number of amides is 1. The summed E-state index contributed by atoms with van der Waals surface area (Å²) in [7, 11) is 0. The molecule has 0 fully saturated rings. The van der Waals surface area contributed by atoms with Gasteiger partial charge >= 0.3 is 0 Å². The normalized spacial score (nSPS) is 18.7. The first-order chi connectivity index (χ1) is 8.74. The van der Waals surface area contributed by atoms with Crippen LogP contribution in [0.1, 0.15) is 38.7 Å². The SMILES string of the molecule is CCCCCN1C(=O)C(C)N=Cc2ccccc21. The minimum absolute atomic E-state index is 0.104. The molecule has 2 rings (SSSR count). The number of anilines is 1. The van der Waals surface area contributed by atoms with Gasteiger partial charge in [-0.2, -0.15) is 0 Å². The number of carbonyl (C=O) groups excluding carboxylic acids is 1. The minimum Gasteiger partial charge on any atom is -0.310 e. The average molecular weight is 244 g/mol. The van der Waals surface area contributed by atoms with Crippen molar-refractivity contribution in [2.24, 2.45) is 4.99 Å². The number of nitrogens with zero attached hydrogens (tertiary/aromatic N) is 2. The Morgan fingerprint density at radius 2 is 2.06 bits per heavy atom. The van der Waals surface area contributed by atoms with Crippen LogP contribution in [0.5, 0.6) is 0 Å². The van der Waals surface area contributed by atoms with Gasteiger partial charge in [0.1, 0.15) is 6.04 Å². The third-order valence-corrected chi connectivity index (χ3v) is 3.27. The predicted molar refractivity (Wildman–Crippen MR) is 75.4 cm³/mol. The van der Waals surface area contributed by atoms with E-state index in [4.69, 9.17) is 0 Å². The van der Waals surface area contributed by atoms with Crippen LogP contribution in [0.4, 0.5) is 5.69 Å². The van der Waals surface area contributed by atoms with E-state index in [1.165, 1.54) is 0 Å². The molecule has 1 unspecified atom stereocenters. The van der Waals surface area contributed by atoms with Crippen LogP contribution in [0, 0.1) is 0 Å². The van der Waals surface area contributed by atoms with Crippen LogP contribution in [0.25, 0.3) is 0 Å². The van der Waals surface area contributed by atoms with E-state index in [1.807, 2.05) is 42.3 Å². The molecule has 0 N–H and O–H groups in total. The minimum atomic E-state index is -0.279. The molecule has 1 aromatic rings. The molecule has 0 aromatic heterocycles. The lowest BCUT2D eigenvalue weighted by Crippen LogP contribution is -2.37. The molecule has 0 saturated heterocycles. The van der Waals surface area contributed by atoms with Crippen LogP contribution in [0.2, 0.25) is 0 Å². The summed E-state index contributed by atoms with van der Waals surface area (Å²) in [5.74, 6) is 0.104. The van der Waals surface area contributed by atoms with E-state index < -0.39 is 0 Å². The molecule has 0 saturated carbocycles. The molecular formula is C15H20N2O. The topological polar surface area (TPSA) is 32.7 Å². The summed E-state index contributed by atoms with van der Waals surface area (Å²) in [6.07, 6.45) is 5.18. The Morgan fingerprint density at radius 3 is 2.83 bits per heavy atom. The van der Waals surface area contributed by atoms with E-state index in [2.05, 4.69) is 11.9 Å². The van der Waals surface area contributed by atoms with Gasteiger partial charge in [-0.05, 0) is 19.4 Å². The molecule has 1 aromatic carbocycles. The number of carbonyl (C=O) groups is 1. The molecule has 18 heavy (non-hydrogen) atoms. The second-order valence-electron chi connectivity index (χ2n) is 4.71. The Bertz CT molecular complexity index is 454. The van der Waals surface area contributed by atoms with Crippen molar-refractivity contribution in [3.63, 3.8) is 0 Å². The quantitative estimate of drug-likeness (QED) is 0.749. The average Bonchev–Trinajstić information content (AvgIpc) is 2.51. The molecule has 1 aliphatic heterocycles. The van der Waals surface area contributed by atoms with Crippen LogP contribution in [0.15, 0.2) is 29.3 Å². The van der Waals surface area contributed by atoms with Gasteiger partial charge in [0.15, 0.2) is 0 Å². The van der Waals surface area contributed by atoms with Crippen molar-refractivity contribution in [1.82, 2.24) is 0 Å². The lowest BCUT2D eigenvalue weighted by molar-refractivity contribution is -0.119. The Morgan fingerprint density at radius 1 is 1.28 bits per heavy atom. The van der Waals surface area contributed by atoms with E-state index in [0.29, 0.717) is 0 Å². The number of rotatable bonds is 4. The summed E-state index contributed by atoms with van der Waals surface area (Å²) in [5, 5.41) is 0. The van der Waals surface area contributed by atoms with Gasteiger partial charge in [-0.3, -0.25) is 9.79 Å². The number of benzene rings is 1. The van der Waals surface area contributed by atoms with Crippen molar-refractivity contribution >= 4 is 17.8 Å². The van der Waals surface area contributed by atoms with Crippen molar-refractivity contribution in [1.29, 1.82) is 0 Å². The summed E-state index contributed by atoms with van der Waals surface area (Å²) < 4.78 is 0. The fourth-order valence-electron chi connectivity index (χ4n) is 2.19. The van der Waals surface area contributed by atoms with Crippen LogP contribution >= 0.6 is 0 Å². The van der Waals surface area contributed by atoms with Gasteiger partial charge in [0.2, 0.25) is 0 Å². The van der Waals surface area contributed by atoms with E-state index in [0.717, 1.165) is 37.1 Å². The molecule has 0 radical (unpaired) electrons. The van der Waals surface area contributed by atoms with Crippen LogP contribution in [-0.2, 0) is 4.79 Å². The van der Waals surface area contributed by atoms with Gasteiger partial charge in [0.25, 0.3) is 5.91 Å². The van der Waals surface area contributed by atoms with Crippen LogP contribution in [0.3, 0.4) is 0 Å². The van der Waals surface area contributed by atoms with Crippen molar-refractivity contribution in [3.05, 3.63) is 29.8 Å². The molecule has 1 amide bonds. The number of hydrogen-bond acceptors (Lipinski definition) is 2. The zero-order chi connectivity index (χ0) is 13.0. The summed E-state index contributed by atoms with van der Waals surface area (Å²) in [6.45, 7) is 4.82. The van der Waals surface area contributed by atoms with E-state index in [9.17, 15) is 4.79 Å². The van der Waals surface area contributed by atoms with E-state index in [-0.39, 0.29) is 11.9 Å². The van der Waals surface area contributed by atoms with Crippen molar-refractivity contribution in [2.45, 2.75) is 39.2 Å². The first-order valence-electron chi connectivity index (χ1n) is 6.67. The number of para-hydroxylation sites is 1. The summed E-state index contributed by atoms with van der Waals surface area (Å²) in [5.41, 5.74) is 2.03. The third-order valence-electron chi connectivity index (χ3n) is 3.27. The Kier molecular flexibility index (Phi) is 4.13. The predicted octanol–water partition coefficient (Wildman–Crippen LogP) is 3.03. The highest BCUT2D eigenvalue weighted by Crippen LogP contribution is 2.23. The zero-order valence-electron chi connectivity index (χ0n) is 11.1. The number of benzodiazepines with no additional fused rings is 1. The number of aliphatic imine (C=N–C) groups is 1. The van der Waals surface area contributed by atoms with E-state index >= 15 is 0 Å². The van der Waals surface area contributed by atoms with Crippen molar-refractivity contribution < 1.29 is 4.79 Å². The molecule has 1 heterocycles. The molecule has 0 bridgehead atoms. The molecular weight excluding hydrogens is 224 g/mol. The smallest absolute Gasteiger partial charge is 0.251 e. The molecule has 3 heteroatoms. The Hall–Kier alpha value is -1.64. The molecule has 3 nitrogen and oxygen atoms in total. The van der Waals surface area contributed by atoms with Gasteiger partial charge in [0.05, 0.1) is 5.69 Å². The summed E-state index contributed by atoms with van der Waals surface area (Å²) in [4.78, 5) is 18.5. The van der Waals surface area contributed by atoms with Crippen molar-refractivity contribution in [3.8, 4) is 0 Å². The zero-order valence-corrected chi connectivity index (χ0v) is 11.1. The number of fused-ring (bicyclic) bond motifs is 1. The highest BCUT2D eigenvalue weighted by Gasteiger charge is 2.24. The fourth-order valence-corrected chi connectivity index (χ4v) is 2.19. The third kappa shape index (κ3) is 2.61. The maximum absolute atomic E-state index is 12.3. The fraction of sp³-hybridized carbons (Fsp3) is 0.467. The van der Waals surface area contributed by atoms with Gasteiger partial charge in [-0.15, -0.1) is 0 Å². The summed E-state index contributed by atoms with van der Waals surface area (Å²) in [6, 6.07) is 7.69. The lowest BCUT2D eigenvalue weighted by Gasteiger charge is -2.24. The monoisotopic (exact) mass is 244 g/mol. The second kappa shape index (κ2) is 5.80. The summed E-state index contributed by atoms with van der Waals surface area (Å²) >= 11 is 0. The van der Waals surface area contributed by atoms with Crippen LogP contribution in [-0.4, -0.2) is 24.7 Å². The number of hydrogen-bond donors (Lipinski definition) is 0. The first-order valence-corrected chi connectivity index (χ1v) is 6.67. The van der Waals surface area contributed by atoms with Gasteiger partial charge in [-0.25, -0.2) is 0 Å². The lowest BCUT2D eigenvalue weighted by atomic mass is 10.1. The Labute approximate surface area is 109 Å². The Balaban J connectivity index is 2.27. The van der Waals surface area contributed by atoms with Gasteiger partial charge < -0.3 is 4.90 Å². The largest absolute Gasteiger partial charge is 0.310 e. The highest BCUT2D eigenvalue weighted by molar-refractivity contribution is 6.04. The molecule has 1 aliphatic rings. The highest BCUT2D eigenvalue weighted by atomic mass is 16.2. The van der Waals surface area contributed by atoms with Crippen LogP contribution < -0.4 is 4.90 Å². The molecule has 0 aliphatic carbocycles.